The lowest BCUT2D eigenvalue weighted by Crippen LogP contribution is -2.16. The Bertz CT molecular complexity index is 170. The molecule has 0 heterocycles. The van der Waals surface area contributed by atoms with Crippen LogP contribution in [0.5, 0.6) is 0 Å². The molecule has 0 aromatic carbocycles. The summed E-state index contributed by atoms with van der Waals surface area (Å²) in [5, 5.41) is 8.60. The van der Waals surface area contributed by atoms with E-state index in [4.69, 9.17) is 5.11 Å². The van der Waals surface area contributed by atoms with Gasteiger partial charge in [-0.25, -0.2) is 0 Å². The van der Waals surface area contributed by atoms with E-state index in [1.165, 1.54) is 5.57 Å². The highest BCUT2D eigenvalue weighted by molar-refractivity contribution is 5.72. The number of carboxylic acid groups (broad SMARTS) is 1. The Labute approximate surface area is 60.6 Å². The number of hydrogen-bond donors (Lipinski definition) is 1. The molecule has 1 aliphatic carbocycles. The van der Waals surface area contributed by atoms with Crippen molar-refractivity contribution in [3.05, 3.63) is 18.1 Å². The van der Waals surface area contributed by atoms with Crippen LogP contribution >= 0.6 is 0 Å². The lowest BCUT2D eigenvalue weighted by Gasteiger charge is -2.15. The summed E-state index contributed by atoms with van der Waals surface area (Å²) in [6.45, 7) is 1.98. The Morgan fingerprint density at radius 1 is 1.80 bits per heavy atom. The van der Waals surface area contributed by atoms with E-state index in [2.05, 4.69) is 6.08 Å². The highest BCUT2D eigenvalue weighted by Crippen LogP contribution is 2.22. The third-order valence-corrected chi connectivity index (χ3v) is 1.75. The van der Waals surface area contributed by atoms with Gasteiger partial charge in [0.15, 0.2) is 0 Å². The molecule has 55 valence electrons. The van der Waals surface area contributed by atoms with Crippen molar-refractivity contribution in [1.82, 2.24) is 0 Å². The predicted octanol–water partition coefficient (Wildman–Crippen LogP) is 1.63. The highest BCUT2D eigenvalue weighted by atomic mass is 16.4. The number of allylic oxidation sites excluding steroid dienone is 2. The van der Waals surface area contributed by atoms with Gasteiger partial charge in [0.2, 0.25) is 0 Å². The molecule has 0 spiro atoms. The van der Waals surface area contributed by atoms with Crippen LogP contribution in [0.4, 0.5) is 0 Å². The van der Waals surface area contributed by atoms with Gasteiger partial charge in [0, 0.05) is 0 Å². The first-order chi connectivity index (χ1) is 4.70. The minimum absolute atomic E-state index is 0.245. The van der Waals surface area contributed by atoms with Gasteiger partial charge in [0.25, 0.3) is 0 Å². The van der Waals surface area contributed by atoms with Crippen LogP contribution in [0.25, 0.3) is 0 Å². The van der Waals surface area contributed by atoms with Gasteiger partial charge in [-0.05, 0) is 26.2 Å². The second-order valence-corrected chi connectivity index (χ2v) is 2.67. The van der Waals surface area contributed by atoms with Crippen LogP contribution in [0.1, 0.15) is 19.8 Å². The van der Waals surface area contributed by atoms with Gasteiger partial charge in [-0.3, -0.25) is 4.79 Å². The van der Waals surface area contributed by atoms with Gasteiger partial charge < -0.3 is 5.11 Å². The third kappa shape index (κ3) is 1.59. The molecule has 1 unspecified atom stereocenters. The van der Waals surface area contributed by atoms with Gasteiger partial charge in [0.1, 0.15) is 0 Å². The van der Waals surface area contributed by atoms with E-state index < -0.39 is 5.97 Å². The molecule has 0 bridgehead atoms. The fourth-order valence-electron chi connectivity index (χ4n) is 1.14. The van der Waals surface area contributed by atoms with E-state index in [1.807, 2.05) is 13.3 Å². The molecular formula is C8H11O2. The van der Waals surface area contributed by atoms with E-state index >= 15 is 0 Å². The van der Waals surface area contributed by atoms with Crippen LogP contribution in [-0.2, 0) is 4.79 Å². The van der Waals surface area contributed by atoms with Crippen LogP contribution in [0.2, 0.25) is 0 Å². The van der Waals surface area contributed by atoms with Gasteiger partial charge in [0.05, 0.1) is 5.92 Å². The molecule has 0 saturated carbocycles. The molecule has 0 aromatic heterocycles. The first kappa shape index (κ1) is 7.32. The van der Waals surface area contributed by atoms with Crippen LogP contribution in [0.3, 0.4) is 0 Å². The first-order valence-corrected chi connectivity index (χ1v) is 3.42. The standard InChI is InChI=1S/C8H11O2/c1-6-3-2-4-7(5-6)8(9)10/h3-4,7H,2,5H2,1H3,(H,9,10). The number of carboxylic acids is 1. The Morgan fingerprint density at radius 2 is 2.50 bits per heavy atom. The van der Waals surface area contributed by atoms with Crippen molar-refractivity contribution in [3.63, 3.8) is 0 Å². The van der Waals surface area contributed by atoms with Crippen LogP contribution in [0.15, 0.2) is 11.6 Å². The van der Waals surface area contributed by atoms with E-state index in [9.17, 15) is 4.79 Å². The van der Waals surface area contributed by atoms with Gasteiger partial charge >= 0.3 is 5.97 Å². The Morgan fingerprint density at radius 3 is 2.90 bits per heavy atom. The summed E-state index contributed by atoms with van der Waals surface area (Å²) in [5.41, 5.74) is 1.19. The maximum Gasteiger partial charge on any atom is 0.307 e. The fraction of sp³-hybridized carbons (Fsp3) is 0.500. The van der Waals surface area contributed by atoms with Crippen molar-refractivity contribution < 1.29 is 9.90 Å². The summed E-state index contributed by atoms with van der Waals surface area (Å²) in [6.07, 6.45) is 5.41. The van der Waals surface area contributed by atoms with Crippen molar-refractivity contribution in [2.45, 2.75) is 19.8 Å². The smallest absolute Gasteiger partial charge is 0.307 e. The molecule has 1 aliphatic rings. The zero-order chi connectivity index (χ0) is 7.56. The van der Waals surface area contributed by atoms with Crippen LogP contribution in [0, 0.1) is 12.3 Å². The lowest BCUT2D eigenvalue weighted by atomic mass is 9.90. The van der Waals surface area contributed by atoms with E-state index in [0.29, 0.717) is 6.42 Å². The summed E-state index contributed by atoms with van der Waals surface area (Å²) in [5.74, 6) is -0.947. The third-order valence-electron chi connectivity index (χ3n) is 1.75. The number of rotatable bonds is 1. The zero-order valence-corrected chi connectivity index (χ0v) is 6.00. The molecule has 1 N–H and O–H groups in total. The Kier molecular flexibility index (Phi) is 2.10. The second-order valence-electron chi connectivity index (χ2n) is 2.67. The first-order valence-electron chi connectivity index (χ1n) is 3.42. The SMILES string of the molecule is CC1=CC[CH]C(C(=O)O)C1. The molecule has 1 atom stereocenters. The fourth-order valence-corrected chi connectivity index (χ4v) is 1.14. The van der Waals surface area contributed by atoms with Crippen molar-refractivity contribution >= 4 is 5.97 Å². The Hall–Kier alpha value is -0.790. The minimum Gasteiger partial charge on any atom is -0.481 e. The highest BCUT2D eigenvalue weighted by Gasteiger charge is 2.19. The molecule has 2 heteroatoms. The summed E-state index contributed by atoms with van der Waals surface area (Å²) in [4.78, 5) is 10.4. The normalized spacial score (nSPS) is 25.7. The summed E-state index contributed by atoms with van der Waals surface area (Å²) in [6, 6.07) is 0. The maximum absolute atomic E-state index is 10.4. The molecule has 0 amide bonds. The van der Waals surface area contributed by atoms with Crippen LogP contribution in [-0.4, -0.2) is 11.1 Å². The summed E-state index contributed by atoms with van der Waals surface area (Å²) in [7, 11) is 0. The molecule has 1 rings (SSSR count). The van der Waals surface area contributed by atoms with Gasteiger partial charge in [-0.1, -0.05) is 11.6 Å². The van der Waals surface area contributed by atoms with Crippen LogP contribution < -0.4 is 0 Å². The molecule has 0 saturated heterocycles. The molecule has 0 aliphatic heterocycles. The summed E-state index contributed by atoms with van der Waals surface area (Å²) < 4.78 is 0. The zero-order valence-electron chi connectivity index (χ0n) is 6.00. The number of carbonyl (C=O) groups is 1. The number of hydrogen-bond acceptors (Lipinski definition) is 1. The molecule has 10 heavy (non-hydrogen) atoms. The van der Waals surface area contributed by atoms with E-state index in [0.717, 1.165) is 6.42 Å². The average molecular weight is 139 g/mol. The molecular weight excluding hydrogens is 128 g/mol. The Balaban J connectivity index is 2.53. The van der Waals surface area contributed by atoms with Gasteiger partial charge in [-0.15, -0.1) is 0 Å². The van der Waals surface area contributed by atoms with Crippen molar-refractivity contribution in [2.24, 2.45) is 5.92 Å². The summed E-state index contributed by atoms with van der Waals surface area (Å²) >= 11 is 0. The average Bonchev–Trinajstić information content (AvgIpc) is 1.88. The topological polar surface area (TPSA) is 37.3 Å². The maximum atomic E-state index is 10.4. The lowest BCUT2D eigenvalue weighted by molar-refractivity contribution is -0.140. The molecule has 0 fully saturated rings. The van der Waals surface area contributed by atoms with Crippen molar-refractivity contribution in [2.75, 3.05) is 0 Å². The monoisotopic (exact) mass is 139 g/mol. The van der Waals surface area contributed by atoms with E-state index in [1.54, 1.807) is 0 Å². The van der Waals surface area contributed by atoms with Crippen molar-refractivity contribution in [3.8, 4) is 0 Å². The minimum atomic E-state index is -0.701. The number of aliphatic carboxylic acids is 1. The van der Waals surface area contributed by atoms with Crippen molar-refractivity contribution in [1.29, 1.82) is 0 Å². The van der Waals surface area contributed by atoms with Gasteiger partial charge in [-0.2, -0.15) is 0 Å². The predicted molar refractivity (Wildman–Crippen MR) is 38.4 cm³/mol. The largest absolute Gasteiger partial charge is 0.481 e. The second kappa shape index (κ2) is 2.86. The molecule has 0 aromatic rings. The molecule has 1 radical (unpaired) electrons. The molecule has 2 nitrogen and oxygen atoms in total. The van der Waals surface area contributed by atoms with E-state index in [-0.39, 0.29) is 5.92 Å². The quantitative estimate of drug-likeness (QED) is 0.560.